The van der Waals surface area contributed by atoms with Crippen molar-refractivity contribution >= 4 is 17.1 Å². The first-order valence-corrected chi connectivity index (χ1v) is 9.65. The van der Waals surface area contributed by atoms with Crippen LogP contribution in [0.1, 0.15) is 17.3 Å². The molecule has 2 aromatic carbocycles. The second kappa shape index (κ2) is 8.85. The number of hydrogen-bond acceptors (Lipinski definition) is 6. The summed E-state index contributed by atoms with van der Waals surface area (Å²) < 4.78 is 17.1. The van der Waals surface area contributed by atoms with Crippen molar-refractivity contribution < 1.29 is 24.1 Å². The molecule has 0 radical (unpaired) electrons. The van der Waals surface area contributed by atoms with Crippen LogP contribution in [0.15, 0.2) is 60.8 Å². The van der Waals surface area contributed by atoms with E-state index in [9.17, 15) is 4.79 Å². The lowest BCUT2D eigenvalue weighted by molar-refractivity contribution is 0.0697. The molecule has 0 saturated heterocycles. The second-order valence-corrected chi connectivity index (χ2v) is 6.97. The summed E-state index contributed by atoms with van der Waals surface area (Å²) in [5.74, 6) is 1.25. The number of nitrogens with one attached hydrogen (secondary N) is 1. The first-order chi connectivity index (χ1) is 15.0. The summed E-state index contributed by atoms with van der Waals surface area (Å²) in [5, 5.41) is 9.07. The Bertz CT molecular complexity index is 1170. The van der Waals surface area contributed by atoms with Crippen molar-refractivity contribution in [3.05, 3.63) is 66.4 Å². The molecular weight excluding hydrogens is 398 g/mol. The number of imidazole rings is 1. The number of rotatable bonds is 8. The van der Waals surface area contributed by atoms with Crippen LogP contribution in [0.25, 0.3) is 22.6 Å². The zero-order chi connectivity index (χ0) is 21.8. The zero-order valence-electron chi connectivity index (χ0n) is 17.0. The first-order valence-electron chi connectivity index (χ1n) is 9.65. The van der Waals surface area contributed by atoms with Crippen LogP contribution in [-0.2, 0) is 4.74 Å². The molecule has 158 valence electrons. The van der Waals surface area contributed by atoms with Crippen LogP contribution in [-0.4, -0.2) is 45.8 Å². The van der Waals surface area contributed by atoms with Gasteiger partial charge >= 0.3 is 5.97 Å². The van der Waals surface area contributed by atoms with E-state index in [1.54, 1.807) is 31.5 Å². The van der Waals surface area contributed by atoms with E-state index >= 15 is 0 Å². The lowest BCUT2D eigenvalue weighted by Gasteiger charge is -2.16. The number of hydrogen-bond donors (Lipinski definition) is 2. The number of H-pyrrole nitrogens is 1. The van der Waals surface area contributed by atoms with Gasteiger partial charge in [0.1, 0.15) is 34.7 Å². The molecule has 2 N–H and O–H groups in total. The van der Waals surface area contributed by atoms with Gasteiger partial charge in [-0.15, -0.1) is 0 Å². The van der Waals surface area contributed by atoms with Crippen molar-refractivity contribution in [1.29, 1.82) is 0 Å². The highest BCUT2D eigenvalue weighted by Gasteiger charge is 2.13. The third kappa shape index (κ3) is 4.81. The van der Waals surface area contributed by atoms with E-state index in [0.29, 0.717) is 35.3 Å². The highest BCUT2D eigenvalue weighted by molar-refractivity contribution is 5.87. The molecule has 2 aromatic heterocycles. The topological polar surface area (TPSA) is 107 Å². The van der Waals surface area contributed by atoms with E-state index in [4.69, 9.17) is 19.3 Å². The number of fused-ring (bicyclic) bond motifs is 1. The molecule has 4 aromatic rings. The molecule has 0 aliphatic rings. The largest absolute Gasteiger partial charge is 0.488 e. The molecule has 31 heavy (non-hydrogen) atoms. The number of aromatic nitrogens is 3. The third-order valence-electron chi connectivity index (χ3n) is 4.48. The molecule has 1 unspecified atom stereocenters. The average Bonchev–Trinajstić information content (AvgIpc) is 3.18. The van der Waals surface area contributed by atoms with E-state index in [-0.39, 0.29) is 11.7 Å². The molecular formula is C23H21N3O5. The maximum absolute atomic E-state index is 11.1. The van der Waals surface area contributed by atoms with Crippen LogP contribution in [0, 0.1) is 0 Å². The molecule has 4 rings (SSSR count). The standard InChI is InChI=1S/C23H21N3O5/c1-14(13-29-2)30-18-10-16(21-25-20-4-3-9-24-22(20)26-21)11-19(12-18)31-17-7-5-15(6-8-17)23(27)28/h3-12,14H,13H2,1-2H3,(H,27,28)(H,24,25,26). The molecule has 0 amide bonds. The molecule has 2 heterocycles. The Kier molecular flexibility index (Phi) is 5.81. The van der Waals surface area contributed by atoms with E-state index in [0.717, 1.165) is 11.1 Å². The Labute approximate surface area is 178 Å². The number of carbonyl (C=O) groups is 1. The Hall–Kier alpha value is -3.91. The molecule has 0 saturated carbocycles. The summed E-state index contributed by atoms with van der Waals surface area (Å²) in [6.07, 6.45) is 1.53. The SMILES string of the molecule is COCC(C)Oc1cc(Oc2ccc(C(=O)O)cc2)cc(-c2nc3cccnc3[nH]2)c1. The van der Waals surface area contributed by atoms with Gasteiger partial charge in [0.05, 0.1) is 12.2 Å². The summed E-state index contributed by atoms with van der Waals surface area (Å²) in [6, 6.07) is 15.4. The predicted molar refractivity (Wildman–Crippen MR) is 115 cm³/mol. The van der Waals surface area contributed by atoms with Crippen molar-refractivity contribution in [2.75, 3.05) is 13.7 Å². The highest BCUT2D eigenvalue weighted by atomic mass is 16.5. The van der Waals surface area contributed by atoms with Crippen LogP contribution in [0.2, 0.25) is 0 Å². The number of aromatic carboxylic acids is 1. The van der Waals surface area contributed by atoms with Crippen LogP contribution in [0.5, 0.6) is 17.2 Å². The average molecular weight is 419 g/mol. The number of carboxylic acid groups (broad SMARTS) is 1. The number of pyridine rings is 1. The van der Waals surface area contributed by atoms with E-state index in [1.807, 2.05) is 31.2 Å². The zero-order valence-corrected chi connectivity index (χ0v) is 17.0. The maximum Gasteiger partial charge on any atom is 0.335 e. The van der Waals surface area contributed by atoms with Gasteiger partial charge < -0.3 is 24.3 Å². The van der Waals surface area contributed by atoms with Crippen LogP contribution >= 0.6 is 0 Å². The number of methoxy groups -OCH3 is 1. The van der Waals surface area contributed by atoms with Crippen LogP contribution < -0.4 is 9.47 Å². The number of benzene rings is 2. The number of carboxylic acids is 1. The minimum absolute atomic E-state index is 0.166. The van der Waals surface area contributed by atoms with Crippen molar-refractivity contribution in [3.8, 4) is 28.6 Å². The number of ether oxygens (including phenoxy) is 3. The van der Waals surface area contributed by atoms with Gasteiger partial charge in [0.2, 0.25) is 0 Å². The molecule has 1 atom stereocenters. The van der Waals surface area contributed by atoms with E-state index < -0.39 is 5.97 Å². The van der Waals surface area contributed by atoms with Gasteiger partial charge in [0.25, 0.3) is 0 Å². The van der Waals surface area contributed by atoms with Crippen LogP contribution in [0.4, 0.5) is 0 Å². The Morgan fingerprint density at radius 1 is 1.10 bits per heavy atom. The molecule has 0 aliphatic carbocycles. The second-order valence-electron chi connectivity index (χ2n) is 6.97. The van der Waals surface area contributed by atoms with Gasteiger partial charge in [-0.25, -0.2) is 14.8 Å². The van der Waals surface area contributed by atoms with Crippen molar-refractivity contribution in [3.63, 3.8) is 0 Å². The first kappa shape index (κ1) is 20.4. The Morgan fingerprint density at radius 3 is 2.58 bits per heavy atom. The van der Waals surface area contributed by atoms with Gasteiger partial charge in [0, 0.05) is 24.9 Å². The minimum Gasteiger partial charge on any atom is -0.488 e. The summed E-state index contributed by atoms with van der Waals surface area (Å²) in [7, 11) is 1.62. The molecule has 8 nitrogen and oxygen atoms in total. The molecule has 8 heteroatoms. The fraction of sp³-hybridized carbons (Fsp3) is 0.174. The number of aromatic amines is 1. The maximum atomic E-state index is 11.1. The van der Waals surface area contributed by atoms with Crippen molar-refractivity contribution in [1.82, 2.24) is 15.0 Å². The Morgan fingerprint density at radius 2 is 1.87 bits per heavy atom. The molecule has 0 aliphatic heterocycles. The summed E-state index contributed by atoms with van der Waals surface area (Å²) in [5.41, 5.74) is 2.39. The molecule has 0 spiro atoms. The van der Waals surface area contributed by atoms with Crippen LogP contribution in [0.3, 0.4) is 0 Å². The molecule has 0 fully saturated rings. The summed E-state index contributed by atoms with van der Waals surface area (Å²) in [4.78, 5) is 23.2. The van der Waals surface area contributed by atoms with Crippen molar-refractivity contribution in [2.45, 2.75) is 13.0 Å². The highest BCUT2D eigenvalue weighted by Crippen LogP contribution is 2.32. The van der Waals surface area contributed by atoms with Crippen molar-refractivity contribution in [2.24, 2.45) is 0 Å². The fourth-order valence-corrected chi connectivity index (χ4v) is 3.12. The van der Waals surface area contributed by atoms with E-state index in [2.05, 4.69) is 15.0 Å². The monoisotopic (exact) mass is 419 g/mol. The van der Waals surface area contributed by atoms with Gasteiger partial charge in [-0.2, -0.15) is 0 Å². The molecule has 0 bridgehead atoms. The lowest BCUT2D eigenvalue weighted by Crippen LogP contribution is -2.17. The predicted octanol–water partition coefficient (Wildman–Crippen LogP) is 4.53. The normalized spacial score (nSPS) is 11.9. The van der Waals surface area contributed by atoms with Gasteiger partial charge in [-0.1, -0.05) is 0 Å². The van der Waals surface area contributed by atoms with Gasteiger partial charge in [-0.3, -0.25) is 0 Å². The third-order valence-corrected chi connectivity index (χ3v) is 4.48. The lowest BCUT2D eigenvalue weighted by atomic mass is 10.2. The summed E-state index contributed by atoms with van der Waals surface area (Å²) in [6.45, 7) is 2.35. The van der Waals surface area contributed by atoms with Gasteiger partial charge in [-0.05, 0) is 55.5 Å². The van der Waals surface area contributed by atoms with Gasteiger partial charge in [0.15, 0.2) is 5.65 Å². The smallest absolute Gasteiger partial charge is 0.335 e. The number of nitrogens with zero attached hydrogens (tertiary/aromatic N) is 2. The quantitative estimate of drug-likeness (QED) is 0.432. The minimum atomic E-state index is -0.991. The Balaban J connectivity index is 1.69. The van der Waals surface area contributed by atoms with E-state index in [1.165, 1.54) is 12.1 Å². The fourth-order valence-electron chi connectivity index (χ4n) is 3.12. The summed E-state index contributed by atoms with van der Waals surface area (Å²) >= 11 is 0.